The van der Waals surface area contributed by atoms with Gasteiger partial charge in [0.1, 0.15) is 6.23 Å². The van der Waals surface area contributed by atoms with Gasteiger partial charge >= 0.3 is 0 Å². The van der Waals surface area contributed by atoms with Crippen LogP contribution in [0.2, 0.25) is 0 Å². The van der Waals surface area contributed by atoms with Crippen molar-refractivity contribution in [2.45, 2.75) is 33.9 Å². The molecule has 0 radical (unpaired) electrons. The molecule has 0 saturated carbocycles. The van der Waals surface area contributed by atoms with Gasteiger partial charge in [0.15, 0.2) is 0 Å². The molecule has 1 rings (SSSR count). The van der Waals surface area contributed by atoms with Crippen LogP contribution in [-0.4, -0.2) is 49.6 Å². The molecule has 0 spiro atoms. The minimum Gasteiger partial charge on any atom is -0.356 e. The van der Waals surface area contributed by atoms with Gasteiger partial charge < -0.3 is 9.64 Å². The van der Waals surface area contributed by atoms with Gasteiger partial charge in [-0.3, -0.25) is 9.98 Å². The molecule has 0 aliphatic carbocycles. The summed E-state index contributed by atoms with van der Waals surface area (Å²) in [5.74, 6) is 0. The predicted molar refractivity (Wildman–Crippen MR) is 91.7 cm³/mol. The van der Waals surface area contributed by atoms with Crippen LogP contribution in [0.3, 0.4) is 0 Å². The van der Waals surface area contributed by atoms with Gasteiger partial charge in [-0.25, -0.2) is 0 Å². The summed E-state index contributed by atoms with van der Waals surface area (Å²) in [4.78, 5) is 10.8. The number of aromatic nitrogens is 1. The third-order valence-corrected chi connectivity index (χ3v) is 2.59. The molecule has 4 nitrogen and oxygen atoms in total. The van der Waals surface area contributed by atoms with E-state index in [4.69, 9.17) is 4.74 Å². The first-order valence-corrected chi connectivity index (χ1v) is 7.50. The SMILES string of the molecule is C/C=C(\C=N/C(C)OCCN(C)C)c1ccccn1.CC. The van der Waals surface area contributed by atoms with Crippen LogP contribution in [0.4, 0.5) is 0 Å². The van der Waals surface area contributed by atoms with Gasteiger partial charge in [-0.05, 0) is 40.1 Å². The van der Waals surface area contributed by atoms with Crippen molar-refractivity contribution in [1.29, 1.82) is 0 Å². The van der Waals surface area contributed by atoms with Crippen LogP contribution in [0.1, 0.15) is 33.4 Å². The number of allylic oxidation sites excluding steroid dienone is 2. The Morgan fingerprint density at radius 1 is 1.38 bits per heavy atom. The lowest BCUT2D eigenvalue weighted by Gasteiger charge is -2.12. The van der Waals surface area contributed by atoms with Crippen molar-refractivity contribution < 1.29 is 4.74 Å². The molecule has 0 saturated heterocycles. The zero-order valence-corrected chi connectivity index (χ0v) is 14.2. The fourth-order valence-corrected chi connectivity index (χ4v) is 1.46. The lowest BCUT2D eigenvalue weighted by atomic mass is 10.2. The summed E-state index contributed by atoms with van der Waals surface area (Å²) in [5, 5.41) is 0. The third kappa shape index (κ3) is 9.10. The molecular weight excluding hydrogens is 262 g/mol. The van der Waals surface area contributed by atoms with E-state index in [1.165, 1.54) is 0 Å². The second-order valence-electron chi connectivity index (χ2n) is 4.51. The standard InChI is InChI=1S/C15H23N3O.C2H6/c1-5-14(15-8-6-7-9-16-15)12-17-13(2)19-11-10-18(3)4;1-2/h5-9,12-13H,10-11H2,1-4H3;1-2H3/b14-5+,17-12-;. The molecule has 0 aliphatic rings. The lowest BCUT2D eigenvalue weighted by molar-refractivity contribution is 0.0623. The normalized spacial score (nSPS) is 13.2. The Balaban J connectivity index is 0.00000191. The number of pyridine rings is 1. The first-order chi connectivity index (χ1) is 10.1. The van der Waals surface area contributed by atoms with E-state index < -0.39 is 0 Å². The van der Waals surface area contributed by atoms with Crippen molar-refractivity contribution in [3.63, 3.8) is 0 Å². The molecule has 0 bridgehead atoms. The van der Waals surface area contributed by atoms with E-state index in [0.29, 0.717) is 6.61 Å². The maximum atomic E-state index is 5.60. The average Bonchev–Trinajstić information content (AvgIpc) is 2.50. The van der Waals surface area contributed by atoms with Crippen molar-refractivity contribution in [3.8, 4) is 0 Å². The van der Waals surface area contributed by atoms with Gasteiger partial charge in [-0.15, -0.1) is 0 Å². The summed E-state index contributed by atoms with van der Waals surface area (Å²) in [7, 11) is 4.05. The maximum Gasteiger partial charge on any atom is 0.145 e. The lowest BCUT2D eigenvalue weighted by Crippen LogP contribution is -2.20. The van der Waals surface area contributed by atoms with Crippen molar-refractivity contribution in [2.24, 2.45) is 4.99 Å². The van der Waals surface area contributed by atoms with Gasteiger partial charge in [0.25, 0.3) is 0 Å². The topological polar surface area (TPSA) is 37.7 Å². The van der Waals surface area contributed by atoms with Crippen LogP contribution < -0.4 is 0 Å². The van der Waals surface area contributed by atoms with E-state index in [0.717, 1.165) is 17.8 Å². The van der Waals surface area contributed by atoms with Gasteiger partial charge in [-0.1, -0.05) is 26.0 Å². The highest BCUT2D eigenvalue weighted by molar-refractivity contribution is 6.08. The summed E-state index contributed by atoms with van der Waals surface area (Å²) >= 11 is 0. The van der Waals surface area contributed by atoms with E-state index in [9.17, 15) is 0 Å². The molecule has 0 aliphatic heterocycles. The van der Waals surface area contributed by atoms with Gasteiger partial charge in [-0.2, -0.15) is 0 Å². The zero-order valence-electron chi connectivity index (χ0n) is 14.2. The largest absolute Gasteiger partial charge is 0.356 e. The summed E-state index contributed by atoms with van der Waals surface area (Å²) in [6, 6.07) is 5.84. The Morgan fingerprint density at radius 3 is 2.62 bits per heavy atom. The summed E-state index contributed by atoms with van der Waals surface area (Å²) in [6.45, 7) is 9.50. The second kappa shape index (κ2) is 12.2. The molecule has 1 aromatic heterocycles. The molecule has 0 amide bonds. The van der Waals surface area contributed by atoms with Crippen molar-refractivity contribution >= 4 is 11.8 Å². The second-order valence-corrected chi connectivity index (χ2v) is 4.51. The molecule has 1 unspecified atom stereocenters. The Bertz CT molecular complexity index is 413. The van der Waals surface area contributed by atoms with Crippen LogP contribution in [0, 0.1) is 0 Å². The fraction of sp³-hybridized carbons (Fsp3) is 0.529. The average molecular weight is 291 g/mol. The van der Waals surface area contributed by atoms with Crippen LogP contribution in [0.15, 0.2) is 35.5 Å². The van der Waals surface area contributed by atoms with E-state index in [2.05, 4.69) is 14.9 Å². The maximum absolute atomic E-state index is 5.60. The number of ether oxygens (including phenoxy) is 1. The molecule has 1 heterocycles. The number of nitrogens with zero attached hydrogens (tertiary/aromatic N) is 3. The highest BCUT2D eigenvalue weighted by Gasteiger charge is 2.01. The van der Waals surface area contributed by atoms with Gasteiger partial charge in [0.2, 0.25) is 0 Å². The van der Waals surface area contributed by atoms with Crippen molar-refractivity contribution in [1.82, 2.24) is 9.88 Å². The summed E-state index contributed by atoms with van der Waals surface area (Å²) in [5.41, 5.74) is 1.93. The summed E-state index contributed by atoms with van der Waals surface area (Å²) in [6.07, 6.45) is 5.46. The minimum absolute atomic E-state index is 0.140. The molecule has 0 fully saturated rings. The van der Waals surface area contributed by atoms with Gasteiger partial charge in [0.05, 0.1) is 12.3 Å². The Kier molecular flexibility index (Phi) is 11.4. The van der Waals surface area contributed by atoms with Crippen LogP contribution >= 0.6 is 0 Å². The van der Waals surface area contributed by atoms with Gasteiger partial charge in [0, 0.05) is 24.5 Å². The summed E-state index contributed by atoms with van der Waals surface area (Å²) < 4.78 is 5.60. The molecule has 0 N–H and O–H groups in total. The van der Waals surface area contributed by atoms with E-state index >= 15 is 0 Å². The van der Waals surface area contributed by atoms with E-state index in [1.807, 2.05) is 72.3 Å². The van der Waals surface area contributed by atoms with E-state index in [-0.39, 0.29) is 6.23 Å². The number of likely N-dealkylation sites (N-methyl/N-ethyl adjacent to an activating group) is 1. The first-order valence-electron chi connectivity index (χ1n) is 7.50. The molecule has 1 aromatic rings. The number of hydrogen-bond acceptors (Lipinski definition) is 4. The molecule has 1 atom stereocenters. The number of rotatable bonds is 7. The molecule has 118 valence electrons. The Hall–Kier alpha value is -1.52. The van der Waals surface area contributed by atoms with Crippen molar-refractivity contribution in [3.05, 3.63) is 36.2 Å². The fourth-order valence-electron chi connectivity index (χ4n) is 1.46. The Morgan fingerprint density at radius 2 is 2.10 bits per heavy atom. The highest BCUT2D eigenvalue weighted by atomic mass is 16.5. The smallest absolute Gasteiger partial charge is 0.145 e. The van der Waals surface area contributed by atoms with E-state index in [1.54, 1.807) is 6.20 Å². The minimum atomic E-state index is -0.140. The zero-order chi connectivity index (χ0) is 16.1. The first kappa shape index (κ1) is 19.5. The monoisotopic (exact) mass is 291 g/mol. The highest BCUT2D eigenvalue weighted by Crippen LogP contribution is 2.08. The molecular formula is C17H29N3O. The molecule has 4 heteroatoms. The third-order valence-electron chi connectivity index (χ3n) is 2.59. The van der Waals surface area contributed by atoms with Crippen LogP contribution in [0.5, 0.6) is 0 Å². The van der Waals surface area contributed by atoms with Crippen molar-refractivity contribution in [2.75, 3.05) is 27.2 Å². The Labute approximate surface area is 129 Å². The quantitative estimate of drug-likeness (QED) is 0.722. The number of hydrogen-bond donors (Lipinski definition) is 0. The number of aliphatic imine (C=N–C) groups is 1. The van der Waals surface area contributed by atoms with Crippen LogP contribution in [0.25, 0.3) is 5.57 Å². The van der Waals surface area contributed by atoms with Crippen LogP contribution in [-0.2, 0) is 4.74 Å². The molecule has 21 heavy (non-hydrogen) atoms. The predicted octanol–water partition coefficient (Wildman–Crippen LogP) is 3.51. The molecule has 0 aromatic carbocycles.